The fourth-order valence-corrected chi connectivity index (χ4v) is 4.55. The fraction of sp³-hybridized carbons (Fsp3) is 0.300. The molecular weight excluding hydrogens is 380 g/mol. The first-order valence-electron chi connectivity index (χ1n) is 8.96. The SMILES string of the molecule is O=Cc1ccccc1OCC(=O)N1CCN(S(=O)(=O)Cc2ccccc2)CC1. The van der Waals surface area contributed by atoms with Crippen LogP contribution in [0.4, 0.5) is 0 Å². The van der Waals surface area contributed by atoms with E-state index in [4.69, 9.17) is 4.74 Å². The van der Waals surface area contributed by atoms with Crippen LogP contribution in [0.2, 0.25) is 0 Å². The van der Waals surface area contributed by atoms with Crippen molar-refractivity contribution >= 4 is 22.2 Å². The third kappa shape index (κ3) is 4.96. The van der Waals surface area contributed by atoms with Crippen molar-refractivity contribution in [3.05, 3.63) is 65.7 Å². The molecule has 28 heavy (non-hydrogen) atoms. The smallest absolute Gasteiger partial charge is 0.260 e. The van der Waals surface area contributed by atoms with Crippen LogP contribution in [-0.4, -0.2) is 62.6 Å². The Bertz CT molecular complexity index is 923. The molecule has 3 rings (SSSR count). The monoisotopic (exact) mass is 402 g/mol. The number of nitrogens with zero attached hydrogens (tertiary/aromatic N) is 2. The number of para-hydroxylation sites is 1. The van der Waals surface area contributed by atoms with Gasteiger partial charge >= 0.3 is 0 Å². The molecule has 0 aliphatic carbocycles. The van der Waals surface area contributed by atoms with Crippen LogP contribution in [0.3, 0.4) is 0 Å². The molecule has 0 spiro atoms. The van der Waals surface area contributed by atoms with E-state index in [2.05, 4.69) is 0 Å². The average molecular weight is 402 g/mol. The lowest BCUT2D eigenvalue weighted by atomic mass is 10.2. The molecule has 2 aromatic carbocycles. The summed E-state index contributed by atoms with van der Waals surface area (Å²) >= 11 is 0. The predicted molar refractivity (Wildman–Crippen MR) is 105 cm³/mol. The third-order valence-electron chi connectivity index (χ3n) is 4.57. The molecule has 2 aromatic rings. The second-order valence-corrected chi connectivity index (χ2v) is 8.43. The van der Waals surface area contributed by atoms with Crippen LogP contribution in [0.1, 0.15) is 15.9 Å². The summed E-state index contributed by atoms with van der Waals surface area (Å²) in [6.45, 7) is 0.941. The zero-order valence-corrected chi connectivity index (χ0v) is 16.2. The number of ether oxygens (including phenoxy) is 1. The number of piperazine rings is 1. The predicted octanol–water partition coefficient (Wildman–Crippen LogP) is 1.55. The number of carbonyl (C=O) groups is 2. The van der Waals surface area contributed by atoms with E-state index in [1.165, 1.54) is 4.31 Å². The number of hydrogen-bond donors (Lipinski definition) is 0. The van der Waals surface area contributed by atoms with Crippen molar-refractivity contribution in [2.45, 2.75) is 5.75 Å². The summed E-state index contributed by atoms with van der Waals surface area (Å²) in [6.07, 6.45) is 0.677. The molecule has 1 aliphatic heterocycles. The number of amides is 1. The van der Waals surface area contributed by atoms with Gasteiger partial charge in [0, 0.05) is 26.2 Å². The number of sulfonamides is 1. The summed E-state index contributed by atoms with van der Waals surface area (Å²) in [5.74, 6) is 0.0728. The zero-order valence-electron chi connectivity index (χ0n) is 15.4. The van der Waals surface area contributed by atoms with Crippen molar-refractivity contribution in [3.8, 4) is 5.75 Å². The molecule has 0 aromatic heterocycles. The minimum atomic E-state index is -3.42. The van der Waals surface area contributed by atoms with Crippen molar-refractivity contribution < 1.29 is 22.7 Å². The maximum absolute atomic E-state index is 12.6. The highest BCUT2D eigenvalue weighted by Crippen LogP contribution is 2.17. The molecule has 0 radical (unpaired) electrons. The molecule has 1 saturated heterocycles. The first-order valence-corrected chi connectivity index (χ1v) is 10.6. The summed E-state index contributed by atoms with van der Waals surface area (Å²) in [6, 6.07) is 15.7. The molecule has 1 fully saturated rings. The minimum Gasteiger partial charge on any atom is -0.483 e. The summed E-state index contributed by atoms with van der Waals surface area (Å²) in [5.41, 5.74) is 1.12. The van der Waals surface area contributed by atoms with Crippen LogP contribution in [0.25, 0.3) is 0 Å². The molecule has 0 N–H and O–H groups in total. The van der Waals surface area contributed by atoms with Crippen molar-refractivity contribution in [3.63, 3.8) is 0 Å². The minimum absolute atomic E-state index is 0.0482. The van der Waals surface area contributed by atoms with Gasteiger partial charge in [0.2, 0.25) is 10.0 Å². The molecule has 1 heterocycles. The highest BCUT2D eigenvalue weighted by molar-refractivity contribution is 7.88. The molecule has 1 aliphatic rings. The van der Waals surface area contributed by atoms with Crippen LogP contribution in [-0.2, 0) is 20.6 Å². The molecule has 0 atom stereocenters. The van der Waals surface area contributed by atoms with Crippen molar-refractivity contribution in [2.24, 2.45) is 0 Å². The van der Waals surface area contributed by atoms with Crippen LogP contribution in [0.15, 0.2) is 54.6 Å². The Morgan fingerprint density at radius 2 is 1.61 bits per heavy atom. The molecule has 0 unspecified atom stereocenters. The first kappa shape index (κ1) is 20.0. The van der Waals surface area contributed by atoms with E-state index in [0.29, 0.717) is 30.7 Å². The van der Waals surface area contributed by atoms with E-state index >= 15 is 0 Å². The standard InChI is InChI=1S/C20H22N2O5S/c23-14-18-8-4-5-9-19(18)27-15-20(24)21-10-12-22(13-11-21)28(25,26)16-17-6-2-1-3-7-17/h1-9,14H,10-13,15-16H2. The summed E-state index contributed by atoms with van der Waals surface area (Å²) in [7, 11) is -3.42. The van der Waals surface area contributed by atoms with E-state index in [1.807, 2.05) is 18.2 Å². The quantitative estimate of drug-likeness (QED) is 0.656. The maximum atomic E-state index is 12.6. The summed E-state index contributed by atoms with van der Waals surface area (Å²) in [5, 5.41) is 0. The lowest BCUT2D eigenvalue weighted by Gasteiger charge is -2.34. The van der Waals surface area contributed by atoms with Gasteiger partial charge in [-0.2, -0.15) is 4.31 Å². The van der Waals surface area contributed by atoms with Crippen molar-refractivity contribution in [1.82, 2.24) is 9.21 Å². The first-order chi connectivity index (χ1) is 13.5. The molecule has 0 bridgehead atoms. The normalized spacial score (nSPS) is 15.2. The molecule has 0 saturated carbocycles. The molecule has 1 amide bonds. The van der Waals surface area contributed by atoms with E-state index in [9.17, 15) is 18.0 Å². The lowest BCUT2D eigenvalue weighted by molar-refractivity contribution is -0.134. The van der Waals surface area contributed by atoms with E-state index in [1.54, 1.807) is 41.3 Å². The van der Waals surface area contributed by atoms with Gasteiger partial charge in [0.25, 0.3) is 5.91 Å². The zero-order chi connectivity index (χ0) is 20.0. The second-order valence-electron chi connectivity index (χ2n) is 6.47. The van der Waals surface area contributed by atoms with Gasteiger partial charge in [-0.3, -0.25) is 9.59 Å². The average Bonchev–Trinajstić information content (AvgIpc) is 2.72. The Hall–Kier alpha value is -2.71. The lowest BCUT2D eigenvalue weighted by Crippen LogP contribution is -2.51. The van der Waals surface area contributed by atoms with Gasteiger partial charge in [-0.15, -0.1) is 0 Å². The Kier molecular flexibility index (Phi) is 6.43. The van der Waals surface area contributed by atoms with Gasteiger partial charge in [0.1, 0.15) is 5.75 Å². The highest BCUT2D eigenvalue weighted by atomic mass is 32.2. The Labute approximate surface area is 164 Å². The van der Waals surface area contributed by atoms with Crippen LogP contribution < -0.4 is 4.74 Å². The van der Waals surface area contributed by atoms with Gasteiger partial charge in [-0.1, -0.05) is 42.5 Å². The molecule has 7 nitrogen and oxygen atoms in total. The fourth-order valence-electron chi connectivity index (χ4n) is 3.03. The Morgan fingerprint density at radius 1 is 0.964 bits per heavy atom. The van der Waals surface area contributed by atoms with Gasteiger partial charge in [-0.05, 0) is 17.7 Å². The van der Waals surface area contributed by atoms with Crippen LogP contribution in [0.5, 0.6) is 5.75 Å². The van der Waals surface area contributed by atoms with E-state index in [0.717, 1.165) is 5.56 Å². The number of benzene rings is 2. The van der Waals surface area contributed by atoms with Crippen molar-refractivity contribution in [2.75, 3.05) is 32.8 Å². The van der Waals surface area contributed by atoms with Gasteiger partial charge in [-0.25, -0.2) is 8.42 Å². The highest BCUT2D eigenvalue weighted by Gasteiger charge is 2.29. The topological polar surface area (TPSA) is 84.0 Å². The van der Waals surface area contributed by atoms with Crippen molar-refractivity contribution in [1.29, 1.82) is 0 Å². The van der Waals surface area contributed by atoms with Gasteiger partial charge in [0.05, 0.1) is 11.3 Å². The maximum Gasteiger partial charge on any atom is 0.260 e. The number of hydrogen-bond acceptors (Lipinski definition) is 5. The largest absolute Gasteiger partial charge is 0.483 e. The summed E-state index contributed by atoms with van der Waals surface area (Å²) in [4.78, 5) is 24.9. The van der Waals surface area contributed by atoms with Crippen LogP contribution >= 0.6 is 0 Å². The third-order valence-corrected chi connectivity index (χ3v) is 6.42. The second kappa shape index (κ2) is 8.99. The Balaban J connectivity index is 1.51. The number of aldehydes is 1. The molecular formula is C20H22N2O5S. The van der Waals surface area contributed by atoms with Gasteiger partial charge < -0.3 is 9.64 Å². The number of rotatable bonds is 7. The number of carbonyl (C=O) groups excluding carboxylic acids is 2. The van der Waals surface area contributed by atoms with E-state index in [-0.39, 0.29) is 31.4 Å². The van der Waals surface area contributed by atoms with E-state index < -0.39 is 10.0 Å². The Morgan fingerprint density at radius 3 is 2.29 bits per heavy atom. The summed E-state index contributed by atoms with van der Waals surface area (Å²) < 4.78 is 32.0. The van der Waals surface area contributed by atoms with Crippen LogP contribution in [0, 0.1) is 0 Å². The molecule has 8 heteroatoms. The molecule has 148 valence electrons. The van der Waals surface area contributed by atoms with Gasteiger partial charge in [0.15, 0.2) is 12.9 Å².